The number of nitrogens with zero attached hydrogens (tertiary/aromatic N) is 3. The molecule has 0 atom stereocenters. The normalized spacial score (nSPS) is 11.9. The highest BCUT2D eigenvalue weighted by Gasteiger charge is 2.21. The fourth-order valence-electron chi connectivity index (χ4n) is 1.80. The number of rotatable bonds is 7. The number of hydrogen-bond donors (Lipinski definition) is 2. The Morgan fingerprint density at radius 2 is 2.19 bits per heavy atom. The van der Waals surface area contributed by atoms with E-state index in [1.165, 1.54) is 17.5 Å². The van der Waals surface area contributed by atoms with Crippen LogP contribution >= 0.6 is 11.3 Å². The number of thiazole rings is 1. The SMILES string of the molecule is CCCn1cc(S(=O)(=O)NCc2ncc(CC)s2)c(N)n1. The highest BCUT2D eigenvalue weighted by Crippen LogP contribution is 2.18. The van der Waals surface area contributed by atoms with Crippen molar-refractivity contribution in [1.82, 2.24) is 19.5 Å². The molecule has 0 aliphatic rings. The van der Waals surface area contributed by atoms with Gasteiger partial charge in [-0.1, -0.05) is 13.8 Å². The molecule has 0 spiro atoms. The Balaban J connectivity index is 2.10. The minimum atomic E-state index is -3.68. The van der Waals surface area contributed by atoms with Crippen LogP contribution in [0.3, 0.4) is 0 Å². The smallest absolute Gasteiger partial charge is 0.246 e. The zero-order valence-electron chi connectivity index (χ0n) is 12.0. The van der Waals surface area contributed by atoms with Crippen LogP contribution in [0.2, 0.25) is 0 Å². The summed E-state index contributed by atoms with van der Waals surface area (Å²) in [7, 11) is -3.68. The fourth-order valence-corrected chi connectivity index (χ4v) is 3.75. The number of nitrogen functional groups attached to an aromatic ring is 1. The number of aryl methyl sites for hydroxylation is 2. The lowest BCUT2D eigenvalue weighted by Gasteiger charge is -2.03. The van der Waals surface area contributed by atoms with Gasteiger partial charge in [-0.25, -0.2) is 18.1 Å². The van der Waals surface area contributed by atoms with Gasteiger partial charge in [0.25, 0.3) is 0 Å². The van der Waals surface area contributed by atoms with Crippen molar-refractivity contribution in [1.29, 1.82) is 0 Å². The van der Waals surface area contributed by atoms with Crippen molar-refractivity contribution < 1.29 is 8.42 Å². The molecule has 0 aliphatic carbocycles. The Morgan fingerprint density at radius 3 is 2.81 bits per heavy atom. The molecule has 0 amide bonds. The van der Waals surface area contributed by atoms with Gasteiger partial charge in [-0.3, -0.25) is 4.68 Å². The summed E-state index contributed by atoms with van der Waals surface area (Å²) in [5.74, 6) is 0.0179. The van der Waals surface area contributed by atoms with Crippen LogP contribution in [0, 0.1) is 0 Å². The van der Waals surface area contributed by atoms with Gasteiger partial charge in [0.15, 0.2) is 5.82 Å². The van der Waals surface area contributed by atoms with E-state index in [-0.39, 0.29) is 17.3 Å². The van der Waals surface area contributed by atoms with Gasteiger partial charge < -0.3 is 5.73 Å². The van der Waals surface area contributed by atoms with Gasteiger partial charge in [-0.15, -0.1) is 11.3 Å². The Hall–Kier alpha value is -1.45. The molecular weight excluding hydrogens is 310 g/mol. The summed E-state index contributed by atoms with van der Waals surface area (Å²) in [6, 6.07) is 0. The molecule has 2 rings (SSSR count). The average Bonchev–Trinajstić information content (AvgIpc) is 3.04. The van der Waals surface area contributed by atoms with E-state index in [4.69, 9.17) is 5.73 Å². The number of nitrogens with two attached hydrogens (primary N) is 1. The van der Waals surface area contributed by atoms with Crippen molar-refractivity contribution in [3.63, 3.8) is 0 Å². The molecule has 9 heteroatoms. The van der Waals surface area contributed by atoms with E-state index in [0.29, 0.717) is 6.54 Å². The summed E-state index contributed by atoms with van der Waals surface area (Å²) in [6.45, 7) is 4.81. The van der Waals surface area contributed by atoms with Crippen molar-refractivity contribution in [3.8, 4) is 0 Å². The lowest BCUT2D eigenvalue weighted by molar-refractivity contribution is 0.579. The minimum absolute atomic E-state index is 0.0169. The van der Waals surface area contributed by atoms with Crippen LogP contribution in [-0.2, 0) is 29.5 Å². The molecule has 0 fully saturated rings. The zero-order chi connectivity index (χ0) is 15.5. The lowest BCUT2D eigenvalue weighted by atomic mass is 10.4. The second-order valence-electron chi connectivity index (χ2n) is 4.54. The predicted octanol–water partition coefficient (Wildman–Crippen LogP) is 1.37. The molecule has 0 radical (unpaired) electrons. The molecule has 0 saturated carbocycles. The van der Waals surface area contributed by atoms with E-state index in [1.54, 1.807) is 10.9 Å². The highest BCUT2D eigenvalue weighted by atomic mass is 32.2. The Bertz CT molecular complexity index is 705. The second kappa shape index (κ2) is 6.54. The molecule has 0 aliphatic heterocycles. The first-order valence-electron chi connectivity index (χ1n) is 6.72. The molecule has 2 heterocycles. The van der Waals surface area contributed by atoms with E-state index in [2.05, 4.69) is 14.8 Å². The van der Waals surface area contributed by atoms with E-state index in [9.17, 15) is 8.42 Å². The van der Waals surface area contributed by atoms with Crippen LogP contribution in [0.15, 0.2) is 17.3 Å². The highest BCUT2D eigenvalue weighted by molar-refractivity contribution is 7.89. The molecule has 7 nitrogen and oxygen atoms in total. The molecule has 0 aromatic carbocycles. The molecule has 0 unspecified atom stereocenters. The van der Waals surface area contributed by atoms with Crippen molar-refractivity contribution in [2.45, 2.75) is 44.7 Å². The topological polar surface area (TPSA) is 103 Å². The summed E-state index contributed by atoms with van der Waals surface area (Å²) < 4.78 is 28.6. The predicted molar refractivity (Wildman–Crippen MR) is 82.4 cm³/mol. The van der Waals surface area contributed by atoms with Crippen LogP contribution in [0.5, 0.6) is 0 Å². The quantitative estimate of drug-likeness (QED) is 0.798. The second-order valence-corrected chi connectivity index (χ2v) is 7.48. The molecule has 2 aromatic rings. The summed E-state index contributed by atoms with van der Waals surface area (Å²) in [4.78, 5) is 5.32. The minimum Gasteiger partial charge on any atom is -0.381 e. The number of sulfonamides is 1. The maximum atomic E-state index is 12.3. The van der Waals surface area contributed by atoms with Gasteiger partial charge >= 0.3 is 0 Å². The monoisotopic (exact) mass is 329 g/mol. The summed E-state index contributed by atoms with van der Waals surface area (Å²) in [6.07, 6.45) is 4.97. The van der Waals surface area contributed by atoms with Crippen molar-refractivity contribution in [3.05, 3.63) is 22.3 Å². The molecular formula is C12H19N5O2S2. The van der Waals surface area contributed by atoms with Crippen LogP contribution in [-0.4, -0.2) is 23.2 Å². The van der Waals surface area contributed by atoms with Crippen LogP contribution in [0.1, 0.15) is 30.2 Å². The van der Waals surface area contributed by atoms with Gasteiger partial charge in [0.2, 0.25) is 10.0 Å². The number of nitrogens with one attached hydrogen (secondary N) is 1. The summed E-state index contributed by atoms with van der Waals surface area (Å²) in [5.41, 5.74) is 5.69. The van der Waals surface area contributed by atoms with Crippen LogP contribution < -0.4 is 10.5 Å². The largest absolute Gasteiger partial charge is 0.381 e. The Labute approximate surface area is 128 Å². The van der Waals surface area contributed by atoms with Crippen molar-refractivity contribution >= 4 is 27.2 Å². The lowest BCUT2D eigenvalue weighted by Crippen LogP contribution is -2.23. The van der Waals surface area contributed by atoms with Gasteiger partial charge in [0.05, 0.1) is 6.54 Å². The Kier molecular flexibility index (Phi) is 4.96. The van der Waals surface area contributed by atoms with Crippen molar-refractivity contribution in [2.24, 2.45) is 0 Å². The molecule has 21 heavy (non-hydrogen) atoms. The Morgan fingerprint density at radius 1 is 1.43 bits per heavy atom. The van der Waals surface area contributed by atoms with Gasteiger partial charge in [0, 0.05) is 23.8 Å². The van der Waals surface area contributed by atoms with Gasteiger partial charge in [0.1, 0.15) is 9.90 Å². The van der Waals surface area contributed by atoms with E-state index in [1.807, 2.05) is 13.8 Å². The molecule has 3 N–H and O–H groups in total. The third-order valence-corrected chi connectivity index (χ3v) is 5.42. The standard InChI is InChI=1S/C12H19N5O2S2/c1-3-5-17-8-10(12(13)16-17)21(18,19)15-7-11-14-6-9(4-2)20-11/h6,8,15H,3-5,7H2,1-2H3,(H2,13,16). The van der Waals surface area contributed by atoms with E-state index < -0.39 is 10.0 Å². The third kappa shape index (κ3) is 3.80. The van der Waals surface area contributed by atoms with Crippen LogP contribution in [0.4, 0.5) is 5.82 Å². The molecule has 0 saturated heterocycles. The average molecular weight is 329 g/mol. The molecule has 0 bridgehead atoms. The van der Waals surface area contributed by atoms with E-state index in [0.717, 1.165) is 22.7 Å². The first-order chi connectivity index (χ1) is 9.96. The maximum absolute atomic E-state index is 12.3. The molecule has 116 valence electrons. The third-order valence-electron chi connectivity index (χ3n) is 2.86. The summed E-state index contributed by atoms with van der Waals surface area (Å²) in [5, 5.41) is 4.73. The maximum Gasteiger partial charge on any atom is 0.246 e. The first-order valence-corrected chi connectivity index (χ1v) is 9.02. The van der Waals surface area contributed by atoms with Gasteiger partial charge in [-0.2, -0.15) is 5.10 Å². The summed E-state index contributed by atoms with van der Waals surface area (Å²) >= 11 is 1.50. The fraction of sp³-hybridized carbons (Fsp3) is 0.500. The number of hydrogen-bond acceptors (Lipinski definition) is 6. The van der Waals surface area contributed by atoms with E-state index >= 15 is 0 Å². The molecule has 2 aromatic heterocycles. The zero-order valence-corrected chi connectivity index (χ0v) is 13.7. The van der Waals surface area contributed by atoms with Crippen molar-refractivity contribution in [2.75, 3.05) is 5.73 Å². The van der Waals surface area contributed by atoms with Crippen LogP contribution in [0.25, 0.3) is 0 Å². The number of anilines is 1. The number of aromatic nitrogens is 3. The first kappa shape index (κ1) is 15.9. The van der Waals surface area contributed by atoms with Gasteiger partial charge in [-0.05, 0) is 12.8 Å².